The van der Waals surface area contributed by atoms with Gasteiger partial charge < -0.3 is 15.2 Å². The summed E-state index contributed by atoms with van der Waals surface area (Å²) in [5.74, 6) is -0.943. The van der Waals surface area contributed by atoms with Crippen molar-refractivity contribution < 1.29 is 14.4 Å². The molecule has 0 unspecified atom stereocenters. The van der Waals surface area contributed by atoms with Gasteiger partial charge in [0.15, 0.2) is 0 Å². The first-order valence-corrected chi connectivity index (χ1v) is 9.57. The topological polar surface area (TPSA) is 83.4 Å². The summed E-state index contributed by atoms with van der Waals surface area (Å²) in [5, 5.41) is 5.29. The molecule has 29 heavy (non-hydrogen) atoms. The fraction of sp³-hybridized carbons (Fsp3) is 0.318. The Morgan fingerprint density at radius 2 is 1.90 bits per heavy atom. The zero-order valence-electron chi connectivity index (χ0n) is 17.4. The highest BCUT2D eigenvalue weighted by atomic mass is 16.2. The molecule has 3 rings (SSSR count). The van der Waals surface area contributed by atoms with E-state index in [9.17, 15) is 14.4 Å². The largest absolute Gasteiger partial charge is 0.346 e. The molecule has 1 aromatic heterocycles. The van der Waals surface area contributed by atoms with Gasteiger partial charge in [-0.1, -0.05) is 12.1 Å². The maximum absolute atomic E-state index is 12.7. The second-order valence-electron chi connectivity index (χ2n) is 7.59. The van der Waals surface area contributed by atoms with E-state index < -0.39 is 17.8 Å². The van der Waals surface area contributed by atoms with Gasteiger partial charge in [-0.3, -0.25) is 9.59 Å². The summed E-state index contributed by atoms with van der Waals surface area (Å²) < 4.78 is 2.17. The number of hydrogen-bond donors (Lipinski definition) is 2. The average molecular weight is 394 g/mol. The van der Waals surface area contributed by atoms with Gasteiger partial charge in [0.1, 0.15) is 12.2 Å². The monoisotopic (exact) mass is 394 g/mol. The Morgan fingerprint density at radius 1 is 1.17 bits per heavy atom. The molecular weight excluding hydrogens is 368 g/mol. The molecule has 7 heteroatoms. The van der Waals surface area contributed by atoms with E-state index in [0.717, 1.165) is 27.4 Å². The van der Waals surface area contributed by atoms with Crippen LogP contribution < -0.4 is 10.6 Å². The Hall–Kier alpha value is -3.35. The molecule has 1 saturated heterocycles. The number of carbonyl (C=O) groups is 3. The van der Waals surface area contributed by atoms with E-state index in [2.05, 4.69) is 29.0 Å². The molecule has 0 atom stereocenters. The Kier molecular flexibility index (Phi) is 5.59. The minimum absolute atomic E-state index is 0.169. The standard InChI is InChI=1S/C22H26N4O3/c1-13(2)26-15(4)10-17(16(26)5)11-19-21(28)25(22(29)24-19)12-20(27)23-18-8-6-7-14(3)9-18/h6-11,13H,12H2,1-5H3,(H,23,27)(H,24,29)/b19-11+. The van der Waals surface area contributed by atoms with Crippen molar-refractivity contribution in [1.82, 2.24) is 14.8 Å². The molecule has 1 fully saturated rings. The molecule has 0 spiro atoms. The number of amides is 4. The Morgan fingerprint density at radius 3 is 2.52 bits per heavy atom. The summed E-state index contributed by atoms with van der Waals surface area (Å²) in [4.78, 5) is 38.2. The molecule has 2 aromatic rings. The second kappa shape index (κ2) is 7.95. The van der Waals surface area contributed by atoms with Gasteiger partial charge in [0.25, 0.3) is 5.91 Å². The van der Waals surface area contributed by atoms with Crippen molar-refractivity contribution in [2.24, 2.45) is 0 Å². The lowest BCUT2D eigenvalue weighted by molar-refractivity contribution is -0.127. The molecule has 152 valence electrons. The number of urea groups is 1. The van der Waals surface area contributed by atoms with Gasteiger partial charge in [-0.25, -0.2) is 9.69 Å². The van der Waals surface area contributed by atoms with Crippen LogP contribution in [-0.4, -0.2) is 33.9 Å². The first-order chi connectivity index (χ1) is 13.7. The third-order valence-corrected chi connectivity index (χ3v) is 4.91. The Labute approximate surface area is 170 Å². The van der Waals surface area contributed by atoms with Gasteiger partial charge in [-0.15, -0.1) is 0 Å². The number of nitrogens with one attached hydrogen (secondary N) is 2. The smallest absolute Gasteiger partial charge is 0.329 e. The number of carbonyl (C=O) groups excluding carboxylic acids is 3. The van der Waals surface area contributed by atoms with Crippen molar-refractivity contribution in [3.05, 3.63) is 58.5 Å². The van der Waals surface area contributed by atoms with Crippen LogP contribution in [0.15, 0.2) is 36.0 Å². The van der Waals surface area contributed by atoms with Gasteiger partial charge in [0.2, 0.25) is 5.91 Å². The van der Waals surface area contributed by atoms with Crippen molar-refractivity contribution in [3.63, 3.8) is 0 Å². The maximum atomic E-state index is 12.7. The third-order valence-electron chi connectivity index (χ3n) is 4.91. The van der Waals surface area contributed by atoms with Crippen LogP contribution in [0.2, 0.25) is 0 Å². The minimum atomic E-state index is -0.599. The van der Waals surface area contributed by atoms with Crippen LogP contribution in [0.25, 0.3) is 6.08 Å². The zero-order valence-corrected chi connectivity index (χ0v) is 17.4. The van der Waals surface area contributed by atoms with Crippen LogP contribution in [-0.2, 0) is 9.59 Å². The molecule has 4 amide bonds. The molecule has 2 N–H and O–H groups in total. The number of hydrogen-bond acceptors (Lipinski definition) is 3. The van der Waals surface area contributed by atoms with Gasteiger partial charge in [0.05, 0.1) is 0 Å². The summed E-state index contributed by atoms with van der Waals surface area (Å²) in [5.41, 5.74) is 4.76. The van der Waals surface area contributed by atoms with Crippen molar-refractivity contribution in [3.8, 4) is 0 Å². The summed E-state index contributed by atoms with van der Waals surface area (Å²) in [6, 6.07) is 8.99. The molecule has 7 nitrogen and oxygen atoms in total. The van der Waals surface area contributed by atoms with Gasteiger partial charge >= 0.3 is 6.03 Å². The molecule has 1 aromatic carbocycles. The van der Waals surface area contributed by atoms with Crippen molar-refractivity contribution >= 4 is 29.6 Å². The quantitative estimate of drug-likeness (QED) is 0.601. The molecule has 0 aliphatic carbocycles. The maximum Gasteiger partial charge on any atom is 0.329 e. The Bertz CT molecular complexity index is 1020. The molecule has 1 aliphatic heterocycles. The highest BCUT2D eigenvalue weighted by Crippen LogP contribution is 2.23. The summed E-state index contributed by atoms with van der Waals surface area (Å²) in [7, 11) is 0. The van der Waals surface area contributed by atoms with Gasteiger partial charge in [-0.05, 0) is 70.0 Å². The minimum Gasteiger partial charge on any atom is -0.346 e. The molecular formula is C22H26N4O3. The van der Waals surface area contributed by atoms with Gasteiger partial charge in [0, 0.05) is 23.1 Å². The lowest BCUT2D eigenvalue weighted by atomic mass is 10.2. The highest BCUT2D eigenvalue weighted by Gasteiger charge is 2.35. The summed E-state index contributed by atoms with van der Waals surface area (Å²) in [6.45, 7) is 9.74. The molecule has 0 radical (unpaired) electrons. The van der Waals surface area contributed by atoms with E-state index in [-0.39, 0.29) is 18.3 Å². The molecule has 1 aliphatic rings. The van der Waals surface area contributed by atoms with Crippen LogP contribution in [0.5, 0.6) is 0 Å². The van der Waals surface area contributed by atoms with Crippen LogP contribution in [0.3, 0.4) is 0 Å². The van der Waals surface area contributed by atoms with Crippen LogP contribution >= 0.6 is 0 Å². The molecule has 0 bridgehead atoms. The first kappa shape index (κ1) is 20.4. The number of aryl methyl sites for hydroxylation is 2. The van der Waals surface area contributed by atoms with Crippen LogP contribution in [0.1, 0.15) is 42.4 Å². The van der Waals surface area contributed by atoms with E-state index >= 15 is 0 Å². The van der Waals surface area contributed by atoms with Crippen molar-refractivity contribution in [1.29, 1.82) is 0 Å². The molecule has 0 saturated carbocycles. The number of nitrogens with zero attached hydrogens (tertiary/aromatic N) is 2. The second-order valence-corrected chi connectivity index (χ2v) is 7.59. The van der Waals surface area contributed by atoms with Gasteiger partial charge in [-0.2, -0.15) is 0 Å². The fourth-order valence-corrected chi connectivity index (χ4v) is 3.68. The summed E-state index contributed by atoms with van der Waals surface area (Å²) >= 11 is 0. The third kappa shape index (κ3) is 4.23. The fourth-order valence-electron chi connectivity index (χ4n) is 3.68. The van der Waals surface area contributed by atoms with E-state index in [1.165, 1.54) is 0 Å². The van der Waals surface area contributed by atoms with Crippen molar-refractivity contribution in [2.45, 2.75) is 40.7 Å². The number of rotatable bonds is 5. The highest BCUT2D eigenvalue weighted by molar-refractivity contribution is 6.16. The number of benzene rings is 1. The van der Waals surface area contributed by atoms with E-state index in [1.54, 1.807) is 12.1 Å². The lowest BCUT2D eigenvalue weighted by Crippen LogP contribution is -2.38. The predicted molar refractivity (Wildman–Crippen MR) is 112 cm³/mol. The first-order valence-electron chi connectivity index (χ1n) is 9.57. The number of imide groups is 1. The predicted octanol–water partition coefficient (Wildman–Crippen LogP) is 3.53. The van der Waals surface area contributed by atoms with E-state index in [0.29, 0.717) is 5.69 Å². The number of aromatic nitrogens is 1. The normalized spacial score (nSPS) is 15.4. The van der Waals surface area contributed by atoms with Crippen LogP contribution in [0, 0.1) is 20.8 Å². The van der Waals surface area contributed by atoms with Crippen LogP contribution in [0.4, 0.5) is 10.5 Å². The summed E-state index contributed by atoms with van der Waals surface area (Å²) in [6.07, 6.45) is 1.67. The van der Waals surface area contributed by atoms with E-state index in [1.807, 2.05) is 45.0 Å². The zero-order chi connectivity index (χ0) is 21.3. The Balaban J connectivity index is 1.75. The average Bonchev–Trinajstić information content (AvgIpc) is 3.05. The SMILES string of the molecule is Cc1cccc(NC(=O)CN2C(=O)N/C(=C/c3cc(C)n(C(C)C)c3C)C2=O)c1. The lowest BCUT2D eigenvalue weighted by Gasteiger charge is -2.13. The van der Waals surface area contributed by atoms with Crippen molar-refractivity contribution in [2.75, 3.05) is 11.9 Å². The molecule has 2 heterocycles. The number of anilines is 1. The van der Waals surface area contributed by atoms with E-state index in [4.69, 9.17) is 0 Å².